The molecule has 0 radical (unpaired) electrons. The molecule has 9 atom stereocenters. The molecule has 0 aromatic rings. The van der Waals surface area contributed by atoms with Crippen molar-refractivity contribution in [2.75, 3.05) is 19.8 Å². The molecule has 0 spiro atoms. The van der Waals surface area contributed by atoms with Crippen LogP contribution in [0.2, 0.25) is 0 Å². The van der Waals surface area contributed by atoms with Gasteiger partial charge in [0.2, 0.25) is 5.91 Å². The zero-order valence-corrected chi connectivity index (χ0v) is 20.7. The van der Waals surface area contributed by atoms with Gasteiger partial charge in [0.1, 0.15) is 29.9 Å². The van der Waals surface area contributed by atoms with E-state index in [1.54, 1.807) is 13.2 Å². The van der Waals surface area contributed by atoms with E-state index in [0.717, 1.165) is 25.8 Å². The summed E-state index contributed by atoms with van der Waals surface area (Å²) in [6.07, 6.45) is -0.522. The summed E-state index contributed by atoms with van der Waals surface area (Å²) < 4.78 is 6.00. The highest BCUT2D eigenvalue weighted by Gasteiger charge is 2.52. The van der Waals surface area contributed by atoms with Crippen molar-refractivity contribution in [2.45, 2.75) is 94.9 Å². The summed E-state index contributed by atoms with van der Waals surface area (Å²) in [5, 5.41) is 38.4. The average Bonchev–Trinajstić information content (AvgIpc) is 3.11. The van der Waals surface area contributed by atoms with Crippen LogP contribution in [-0.2, 0) is 9.53 Å². The van der Waals surface area contributed by atoms with Gasteiger partial charge in [-0.3, -0.25) is 9.69 Å². The van der Waals surface area contributed by atoms with E-state index in [4.69, 9.17) is 10.3 Å². The van der Waals surface area contributed by atoms with Crippen LogP contribution in [0.3, 0.4) is 0 Å². The first kappa shape index (κ1) is 27.2. The summed E-state index contributed by atoms with van der Waals surface area (Å²) in [7, 11) is 1.93. The van der Waals surface area contributed by atoms with Crippen LogP contribution in [0.25, 0.3) is 10.4 Å². The number of carbonyl (C=O) groups excluding carboxylic acids is 1. The van der Waals surface area contributed by atoms with E-state index < -0.39 is 47.4 Å². The normalized spacial score (nSPS) is 35.7. The molecule has 2 rings (SSSR count). The highest BCUT2D eigenvalue weighted by atomic mass is 32.2. The quantitative estimate of drug-likeness (QED) is 0.225. The molecule has 11 heteroatoms. The Hall–Kier alpha value is -1.07. The Labute approximate surface area is 194 Å². The molecule has 2 fully saturated rings. The van der Waals surface area contributed by atoms with Crippen molar-refractivity contribution < 1.29 is 24.9 Å². The number of nitrogens with zero attached hydrogens (tertiary/aromatic N) is 4. The number of aliphatic hydroxyl groups is 3. The molecule has 0 bridgehead atoms. The molecule has 32 heavy (non-hydrogen) atoms. The van der Waals surface area contributed by atoms with Gasteiger partial charge in [-0.1, -0.05) is 39.2 Å². The third-order valence-electron chi connectivity index (χ3n) is 7.20. The lowest BCUT2D eigenvalue weighted by Crippen LogP contribution is -2.67. The first-order valence-electron chi connectivity index (χ1n) is 11.3. The van der Waals surface area contributed by atoms with Gasteiger partial charge in [0.25, 0.3) is 0 Å². The van der Waals surface area contributed by atoms with Crippen LogP contribution in [0.4, 0.5) is 0 Å². The van der Waals surface area contributed by atoms with Crippen molar-refractivity contribution in [3.8, 4) is 0 Å². The van der Waals surface area contributed by atoms with Crippen molar-refractivity contribution in [1.82, 2.24) is 10.2 Å². The first-order valence-corrected chi connectivity index (χ1v) is 12.6. The number of azide groups is 1. The van der Waals surface area contributed by atoms with Gasteiger partial charge in [-0.25, -0.2) is 0 Å². The molecule has 184 valence electrons. The largest absolute Gasteiger partial charge is 0.388 e. The predicted octanol–water partition coefficient (Wildman–Crippen LogP) is 1.49. The van der Waals surface area contributed by atoms with Gasteiger partial charge in [-0.05, 0) is 43.0 Å². The first-order chi connectivity index (χ1) is 15.0. The van der Waals surface area contributed by atoms with Crippen LogP contribution in [0.15, 0.2) is 5.11 Å². The van der Waals surface area contributed by atoms with Crippen LogP contribution in [0.5, 0.6) is 0 Å². The highest BCUT2D eigenvalue weighted by molar-refractivity contribution is 7.99. The standard InChI is InChI=1S/C21H39N5O5S/c1-7-8-12-9-13(26(5)10-12)19(30)23-18(21(3,4)11(2)24-25-22)17-15(28)14(27)16(29)20(31-17)32-6/h11-18,20,27-29H,7-10H2,1-6H3,(H,23,30)/t11?,12-,13+,14-,15?,16-,17+,18+,20?/m1/s1. The van der Waals surface area contributed by atoms with Gasteiger partial charge in [0, 0.05) is 17.5 Å². The number of carbonyl (C=O) groups is 1. The van der Waals surface area contributed by atoms with Crippen molar-refractivity contribution in [2.24, 2.45) is 16.4 Å². The van der Waals surface area contributed by atoms with E-state index in [1.165, 1.54) is 11.8 Å². The van der Waals surface area contributed by atoms with E-state index in [2.05, 4.69) is 22.3 Å². The molecule has 10 nitrogen and oxygen atoms in total. The second kappa shape index (κ2) is 11.4. The third-order valence-corrected chi connectivity index (χ3v) is 8.06. The molecule has 2 saturated heterocycles. The van der Waals surface area contributed by atoms with E-state index in [9.17, 15) is 20.1 Å². The van der Waals surface area contributed by atoms with Crippen molar-refractivity contribution in [3.63, 3.8) is 0 Å². The van der Waals surface area contributed by atoms with Crippen LogP contribution >= 0.6 is 11.8 Å². The number of hydrogen-bond acceptors (Lipinski definition) is 8. The fraction of sp³-hybridized carbons (Fsp3) is 0.952. The fourth-order valence-electron chi connectivity index (χ4n) is 4.80. The maximum Gasteiger partial charge on any atom is 0.237 e. The highest BCUT2D eigenvalue weighted by Crippen LogP contribution is 2.37. The second-order valence-corrected chi connectivity index (χ2v) is 10.6. The molecular formula is C21H39N5O5S. The van der Waals surface area contributed by atoms with E-state index in [1.807, 2.05) is 25.8 Å². The van der Waals surface area contributed by atoms with E-state index in [0.29, 0.717) is 5.92 Å². The van der Waals surface area contributed by atoms with Gasteiger partial charge < -0.3 is 25.4 Å². The number of nitrogens with one attached hydrogen (secondary N) is 1. The Morgan fingerprint density at radius 1 is 1.34 bits per heavy atom. The van der Waals surface area contributed by atoms with E-state index >= 15 is 0 Å². The van der Waals surface area contributed by atoms with Crippen molar-refractivity contribution >= 4 is 17.7 Å². The van der Waals surface area contributed by atoms with Gasteiger partial charge in [-0.15, -0.1) is 11.8 Å². The number of rotatable bonds is 9. The predicted molar refractivity (Wildman–Crippen MR) is 124 cm³/mol. The van der Waals surface area contributed by atoms with Crippen LogP contribution in [0.1, 0.15) is 47.0 Å². The lowest BCUT2D eigenvalue weighted by Gasteiger charge is -2.49. The Morgan fingerprint density at radius 2 is 2.00 bits per heavy atom. The number of ether oxygens (including phenoxy) is 1. The van der Waals surface area contributed by atoms with Crippen LogP contribution in [-0.4, -0.2) is 94.0 Å². The van der Waals surface area contributed by atoms with Crippen molar-refractivity contribution in [3.05, 3.63) is 10.4 Å². The molecule has 2 heterocycles. The molecule has 0 aromatic heterocycles. The zero-order chi connectivity index (χ0) is 24.2. The van der Waals surface area contributed by atoms with Crippen LogP contribution in [0, 0.1) is 11.3 Å². The Bertz CT molecular complexity index is 689. The number of amides is 1. The van der Waals surface area contributed by atoms with Crippen molar-refractivity contribution in [1.29, 1.82) is 0 Å². The third kappa shape index (κ3) is 5.70. The second-order valence-electron chi connectivity index (χ2n) is 9.71. The summed E-state index contributed by atoms with van der Waals surface area (Å²) in [6.45, 7) is 8.38. The van der Waals surface area contributed by atoms with E-state index in [-0.39, 0.29) is 11.9 Å². The Morgan fingerprint density at radius 3 is 2.56 bits per heavy atom. The average molecular weight is 474 g/mol. The lowest BCUT2D eigenvalue weighted by molar-refractivity contribution is -0.213. The van der Waals surface area contributed by atoms with Gasteiger partial charge in [0.05, 0.1) is 12.1 Å². The number of hydrogen-bond donors (Lipinski definition) is 4. The van der Waals surface area contributed by atoms with Gasteiger partial charge in [-0.2, -0.15) is 0 Å². The minimum atomic E-state index is -1.43. The number of likely N-dealkylation sites (tertiary alicyclic amines) is 1. The Kier molecular flexibility index (Phi) is 9.66. The number of likely N-dealkylation sites (N-methyl/N-ethyl adjacent to an activating group) is 1. The summed E-state index contributed by atoms with van der Waals surface area (Å²) in [5.41, 5.74) is 7.38. The Balaban J connectivity index is 2.35. The van der Waals surface area contributed by atoms with Crippen LogP contribution < -0.4 is 5.32 Å². The lowest BCUT2D eigenvalue weighted by atomic mass is 9.73. The molecule has 0 saturated carbocycles. The summed E-state index contributed by atoms with van der Waals surface area (Å²) in [4.78, 5) is 18.3. The molecule has 4 N–H and O–H groups in total. The minimum Gasteiger partial charge on any atom is -0.388 e. The molecule has 2 aliphatic heterocycles. The molecule has 0 aromatic carbocycles. The van der Waals surface area contributed by atoms with Gasteiger partial charge in [0.15, 0.2) is 0 Å². The molecule has 2 aliphatic rings. The molecular weight excluding hydrogens is 434 g/mol. The SMILES string of the molecule is CCC[C@@H]1C[C@@H](C(=O)N[C@@H]([C@H]2OC(SC)[C@H](O)[C@H](O)C2O)C(C)(C)C(C)N=[N+]=[N-])N(C)C1. The fourth-order valence-corrected chi connectivity index (χ4v) is 5.48. The monoisotopic (exact) mass is 473 g/mol. The molecule has 0 aliphatic carbocycles. The summed E-state index contributed by atoms with van der Waals surface area (Å²) in [6, 6.07) is -1.63. The van der Waals surface area contributed by atoms with Gasteiger partial charge >= 0.3 is 0 Å². The summed E-state index contributed by atoms with van der Waals surface area (Å²) >= 11 is 1.21. The molecule has 3 unspecified atom stereocenters. The maximum absolute atomic E-state index is 13.4. The zero-order valence-electron chi connectivity index (χ0n) is 19.9. The maximum atomic E-state index is 13.4. The molecule has 1 amide bonds. The topological polar surface area (TPSA) is 151 Å². The minimum absolute atomic E-state index is 0.186. The smallest absolute Gasteiger partial charge is 0.237 e. The number of thioether (sulfide) groups is 1. The summed E-state index contributed by atoms with van der Waals surface area (Å²) in [5.74, 6) is 0.262. The number of aliphatic hydroxyl groups excluding tert-OH is 3.